The summed E-state index contributed by atoms with van der Waals surface area (Å²) in [5.41, 5.74) is -0.461. The molecule has 1 unspecified atom stereocenters. The van der Waals surface area contributed by atoms with Crippen LogP contribution in [0.15, 0.2) is 54.6 Å². The first kappa shape index (κ1) is 22.0. The van der Waals surface area contributed by atoms with Crippen LogP contribution < -0.4 is 18.9 Å². The van der Waals surface area contributed by atoms with E-state index in [1.165, 1.54) is 13.0 Å². The smallest absolute Gasteiger partial charge is 0.352 e. The van der Waals surface area contributed by atoms with E-state index in [4.69, 9.17) is 18.9 Å². The van der Waals surface area contributed by atoms with Crippen molar-refractivity contribution in [2.24, 2.45) is 0 Å². The van der Waals surface area contributed by atoms with Crippen molar-refractivity contribution in [1.29, 1.82) is 5.26 Å². The Morgan fingerprint density at radius 1 is 1.18 bits per heavy atom. The number of aryl methyl sites for hydroxylation is 1. The standard InChI is InChI=1S/C25H20FNO6/c1-15-5-3-4-6-19(15)25(2,24(28)29)33-22-11-17(10-20(26)18(22)12-27)30-13-16-7-8-21-23(9-16)32-14-31-21/h3-11H,13-14H2,1-2H3,(H,28,29). The number of carboxylic acids is 1. The van der Waals surface area contributed by atoms with Gasteiger partial charge in [-0.3, -0.25) is 0 Å². The number of nitriles is 1. The zero-order valence-electron chi connectivity index (χ0n) is 17.9. The van der Waals surface area contributed by atoms with Gasteiger partial charge in [-0.1, -0.05) is 30.3 Å². The molecule has 0 saturated heterocycles. The molecule has 3 aromatic rings. The monoisotopic (exact) mass is 449 g/mol. The van der Waals surface area contributed by atoms with E-state index in [0.717, 1.165) is 11.6 Å². The van der Waals surface area contributed by atoms with E-state index >= 15 is 0 Å². The number of rotatable bonds is 7. The summed E-state index contributed by atoms with van der Waals surface area (Å²) in [4.78, 5) is 12.2. The lowest BCUT2D eigenvalue weighted by Crippen LogP contribution is -2.39. The molecule has 7 nitrogen and oxygen atoms in total. The summed E-state index contributed by atoms with van der Waals surface area (Å²) in [6.45, 7) is 3.33. The highest BCUT2D eigenvalue weighted by molar-refractivity contribution is 5.80. The molecule has 0 bridgehead atoms. The van der Waals surface area contributed by atoms with Crippen molar-refractivity contribution in [1.82, 2.24) is 0 Å². The van der Waals surface area contributed by atoms with Crippen LogP contribution in [0.4, 0.5) is 4.39 Å². The van der Waals surface area contributed by atoms with Crippen molar-refractivity contribution in [3.8, 4) is 29.1 Å². The van der Waals surface area contributed by atoms with Gasteiger partial charge in [-0.15, -0.1) is 0 Å². The van der Waals surface area contributed by atoms with Gasteiger partial charge in [-0.2, -0.15) is 5.26 Å². The van der Waals surface area contributed by atoms with Crippen molar-refractivity contribution >= 4 is 5.97 Å². The van der Waals surface area contributed by atoms with Gasteiger partial charge in [0.05, 0.1) is 0 Å². The van der Waals surface area contributed by atoms with Crippen molar-refractivity contribution < 1.29 is 33.2 Å². The molecule has 3 aromatic carbocycles. The highest BCUT2D eigenvalue weighted by atomic mass is 19.1. The zero-order chi connectivity index (χ0) is 23.6. The van der Waals surface area contributed by atoms with Crippen LogP contribution in [0.25, 0.3) is 0 Å². The number of carboxylic acid groups (broad SMARTS) is 1. The summed E-state index contributed by atoms with van der Waals surface area (Å²) in [7, 11) is 0. The first-order chi connectivity index (χ1) is 15.8. The largest absolute Gasteiger partial charge is 0.489 e. The van der Waals surface area contributed by atoms with E-state index in [-0.39, 0.29) is 24.9 Å². The second kappa shape index (κ2) is 8.71. The molecule has 168 valence electrons. The predicted molar refractivity (Wildman–Crippen MR) is 115 cm³/mol. The van der Waals surface area contributed by atoms with Gasteiger partial charge in [0.25, 0.3) is 0 Å². The van der Waals surface area contributed by atoms with Gasteiger partial charge in [0.1, 0.15) is 35.6 Å². The second-order valence-electron chi connectivity index (χ2n) is 7.62. The second-order valence-corrected chi connectivity index (χ2v) is 7.62. The van der Waals surface area contributed by atoms with Gasteiger partial charge in [-0.05, 0) is 37.1 Å². The molecule has 1 aliphatic heterocycles. The van der Waals surface area contributed by atoms with E-state index in [0.29, 0.717) is 22.6 Å². The fourth-order valence-electron chi connectivity index (χ4n) is 3.57. The average Bonchev–Trinajstić information content (AvgIpc) is 3.25. The van der Waals surface area contributed by atoms with Crippen molar-refractivity contribution in [2.45, 2.75) is 26.1 Å². The lowest BCUT2D eigenvalue weighted by molar-refractivity contribution is -0.154. The Bertz CT molecular complexity index is 1270. The summed E-state index contributed by atoms with van der Waals surface area (Å²) in [5.74, 6) is -1.10. The van der Waals surface area contributed by atoms with Gasteiger partial charge in [0.2, 0.25) is 12.4 Å². The van der Waals surface area contributed by atoms with Crippen molar-refractivity contribution in [3.05, 3.63) is 82.7 Å². The van der Waals surface area contributed by atoms with Crippen LogP contribution >= 0.6 is 0 Å². The molecule has 1 N–H and O–H groups in total. The van der Waals surface area contributed by atoms with Crippen LogP contribution in [-0.2, 0) is 17.0 Å². The minimum Gasteiger partial charge on any atom is -0.489 e. The van der Waals surface area contributed by atoms with E-state index in [1.807, 2.05) is 0 Å². The SMILES string of the molecule is Cc1ccccc1C(C)(Oc1cc(OCc2ccc3c(c2)OCO3)cc(F)c1C#N)C(=O)O. The fourth-order valence-corrected chi connectivity index (χ4v) is 3.57. The third-order valence-corrected chi connectivity index (χ3v) is 5.36. The fraction of sp³-hybridized carbons (Fsp3) is 0.200. The molecule has 0 radical (unpaired) electrons. The first-order valence-corrected chi connectivity index (χ1v) is 10.1. The molecular formula is C25H20FNO6. The molecular weight excluding hydrogens is 429 g/mol. The summed E-state index contributed by atoms with van der Waals surface area (Å²) in [6.07, 6.45) is 0. The topological polar surface area (TPSA) is 98.0 Å². The Labute approximate surface area is 189 Å². The minimum absolute atomic E-state index is 0.0788. The Kier molecular flexibility index (Phi) is 5.80. The van der Waals surface area contributed by atoms with Crippen LogP contribution in [0.2, 0.25) is 0 Å². The minimum atomic E-state index is -1.86. The summed E-state index contributed by atoms with van der Waals surface area (Å²) < 4.78 is 36.8. The number of nitrogens with zero attached hydrogens (tertiary/aromatic N) is 1. The van der Waals surface area contributed by atoms with Gasteiger partial charge in [0, 0.05) is 17.7 Å². The summed E-state index contributed by atoms with van der Waals surface area (Å²) >= 11 is 0. The number of benzene rings is 3. The summed E-state index contributed by atoms with van der Waals surface area (Å²) in [5, 5.41) is 19.4. The molecule has 0 amide bonds. The van der Waals surface area contributed by atoms with Gasteiger partial charge in [0.15, 0.2) is 11.5 Å². The van der Waals surface area contributed by atoms with E-state index in [1.54, 1.807) is 55.5 Å². The Morgan fingerprint density at radius 3 is 2.67 bits per heavy atom. The number of fused-ring (bicyclic) bond motifs is 1. The molecule has 0 aromatic heterocycles. The van der Waals surface area contributed by atoms with Gasteiger partial charge in [-0.25, -0.2) is 9.18 Å². The predicted octanol–water partition coefficient (Wildman–Crippen LogP) is 4.69. The van der Waals surface area contributed by atoms with Crippen LogP contribution in [0.1, 0.15) is 29.2 Å². The maximum atomic E-state index is 14.7. The highest BCUT2D eigenvalue weighted by Gasteiger charge is 2.40. The number of carbonyl (C=O) groups is 1. The molecule has 0 saturated carbocycles. The first-order valence-electron chi connectivity index (χ1n) is 10.1. The third kappa shape index (κ3) is 4.26. The summed E-state index contributed by atoms with van der Waals surface area (Å²) in [6, 6.07) is 16.2. The molecule has 33 heavy (non-hydrogen) atoms. The number of hydrogen-bond acceptors (Lipinski definition) is 6. The number of halogens is 1. The molecule has 1 atom stereocenters. The molecule has 8 heteroatoms. The third-order valence-electron chi connectivity index (χ3n) is 5.36. The van der Waals surface area contributed by atoms with Crippen LogP contribution in [-0.4, -0.2) is 17.9 Å². The average molecular weight is 449 g/mol. The molecule has 1 aliphatic rings. The van der Waals surface area contributed by atoms with Crippen LogP contribution in [0.3, 0.4) is 0 Å². The van der Waals surface area contributed by atoms with Crippen molar-refractivity contribution in [2.75, 3.05) is 6.79 Å². The van der Waals surface area contributed by atoms with Gasteiger partial charge >= 0.3 is 5.97 Å². The quantitative estimate of drug-likeness (QED) is 0.559. The number of aliphatic carboxylic acids is 1. The zero-order valence-corrected chi connectivity index (χ0v) is 17.9. The Morgan fingerprint density at radius 2 is 1.94 bits per heavy atom. The highest BCUT2D eigenvalue weighted by Crippen LogP contribution is 2.36. The van der Waals surface area contributed by atoms with Crippen LogP contribution in [0, 0.1) is 24.1 Å². The molecule has 0 aliphatic carbocycles. The Balaban J connectivity index is 1.64. The molecule has 0 spiro atoms. The normalized spacial score (nSPS) is 13.6. The lowest BCUT2D eigenvalue weighted by Gasteiger charge is -2.29. The molecule has 4 rings (SSSR count). The van der Waals surface area contributed by atoms with Gasteiger partial charge < -0.3 is 24.1 Å². The maximum absolute atomic E-state index is 14.7. The maximum Gasteiger partial charge on any atom is 0.352 e. The van der Waals surface area contributed by atoms with E-state index in [9.17, 15) is 19.6 Å². The van der Waals surface area contributed by atoms with Crippen molar-refractivity contribution in [3.63, 3.8) is 0 Å². The number of hydrogen-bond donors (Lipinski definition) is 1. The lowest BCUT2D eigenvalue weighted by atomic mass is 9.91. The Hall–Kier alpha value is -4.25. The van der Waals surface area contributed by atoms with Crippen LogP contribution in [0.5, 0.6) is 23.0 Å². The van der Waals surface area contributed by atoms with E-state index < -0.39 is 23.0 Å². The molecule has 0 fully saturated rings. The number of ether oxygens (including phenoxy) is 4. The molecule has 1 heterocycles. The van der Waals surface area contributed by atoms with E-state index in [2.05, 4.69) is 0 Å².